The van der Waals surface area contributed by atoms with Gasteiger partial charge in [-0.15, -0.1) is 0 Å². The maximum absolute atomic E-state index is 11.7. The molecule has 1 aliphatic carbocycles. The van der Waals surface area contributed by atoms with E-state index in [9.17, 15) is 4.79 Å². The van der Waals surface area contributed by atoms with Gasteiger partial charge in [0.05, 0.1) is 0 Å². The van der Waals surface area contributed by atoms with Crippen molar-refractivity contribution in [2.45, 2.75) is 45.4 Å². The van der Waals surface area contributed by atoms with Crippen molar-refractivity contribution < 1.29 is 4.79 Å². The Labute approximate surface area is 115 Å². The van der Waals surface area contributed by atoms with Gasteiger partial charge in [0.25, 0.3) is 0 Å². The maximum Gasteiger partial charge on any atom is 0.227 e. The molecule has 1 amide bonds. The monoisotopic (exact) mass is 260 g/mol. The van der Waals surface area contributed by atoms with E-state index in [1.165, 1.54) is 25.7 Å². The van der Waals surface area contributed by atoms with Crippen molar-refractivity contribution in [2.24, 2.45) is 5.92 Å². The van der Waals surface area contributed by atoms with Gasteiger partial charge in [0, 0.05) is 23.8 Å². The fourth-order valence-corrected chi connectivity index (χ4v) is 2.08. The van der Waals surface area contributed by atoms with Crippen LogP contribution in [0, 0.1) is 5.92 Å². The Morgan fingerprint density at radius 2 is 2.00 bits per heavy atom. The first kappa shape index (κ1) is 13.9. The van der Waals surface area contributed by atoms with E-state index in [1.807, 2.05) is 24.3 Å². The number of amides is 1. The molecule has 0 aromatic heterocycles. The number of anilines is 2. The molecular weight excluding hydrogens is 236 g/mol. The van der Waals surface area contributed by atoms with Crippen molar-refractivity contribution in [1.82, 2.24) is 0 Å². The Kier molecular flexibility index (Phi) is 5.25. The first-order valence-corrected chi connectivity index (χ1v) is 7.44. The lowest BCUT2D eigenvalue weighted by atomic mass is 10.2. The summed E-state index contributed by atoms with van der Waals surface area (Å²) in [7, 11) is 0. The Balaban J connectivity index is 1.76. The highest BCUT2D eigenvalue weighted by Crippen LogP contribution is 2.30. The van der Waals surface area contributed by atoms with Crippen LogP contribution in [0.3, 0.4) is 0 Å². The fraction of sp³-hybridized carbons (Fsp3) is 0.562. The highest BCUT2D eigenvalue weighted by molar-refractivity contribution is 5.94. The molecule has 0 radical (unpaired) electrons. The minimum absolute atomic E-state index is 0.167. The van der Waals surface area contributed by atoms with Gasteiger partial charge < -0.3 is 10.6 Å². The summed E-state index contributed by atoms with van der Waals surface area (Å²) in [6.07, 6.45) is 7.14. The van der Waals surface area contributed by atoms with Crippen LogP contribution in [0.1, 0.15) is 45.4 Å². The normalized spacial score (nSPS) is 14.2. The minimum atomic E-state index is 0.167. The second-order valence-electron chi connectivity index (χ2n) is 5.33. The number of hydrogen-bond donors (Lipinski definition) is 2. The largest absolute Gasteiger partial charge is 0.385 e. The van der Waals surface area contributed by atoms with Crippen LogP contribution in [-0.4, -0.2) is 12.5 Å². The molecule has 0 aliphatic heterocycles. The van der Waals surface area contributed by atoms with Crippen LogP contribution in [0.15, 0.2) is 24.3 Å². The molecule has 3 nitrogen and oxygen atoms in total. The zero-order valence-electron chi connectivity index (χ0n) is 11.7. The molecule has 1 aliphatic rings. The summed E-state index contributed by atoms with van der Waals surface area (Å²) in [5.74, 6) is 0.422. The van der Waals surface area contributed by atoms with Crippen LogP contribution < -0.4 is 10.6 Å². The molecule has 1 aromatic carbocycles. The number of unbranched alkanes of at least 4 members (excludes halogenated alkanes) is 3. The van der Waals surface area contributed by atoms with Gasteiger partial charge in [-0.2, -0.15) is 0 Å². The molecule has 0 spiro atoms. The van der Waals surface area contributed by atoms with Crippen molar-refractivity contribution >= 4 is 17.3 Å². The van der Waals surface area contributed by atoms with Gasteiger partial charge in [0.15, 0.2) is 0 Å². The van der Waals surface area contributed by atoms with Gasteiger partial charge in [0.2, 0.25) is 5.91 Å². The molecule has 1 saturated carbocycles. The number of benzene rings is 1. The molecule has 3 heteroatoms. The smallest absolute Gasteiger partial charge is 0.227 e. The number of carbonyl (C=O) groups is 1. The quantitative estimate of drug-likeness (QED) is 0.693. The zero-order valence-corrected chi connectivity index (χ0v) is 11.7. The summed E-state index contributed by atoms with van der Waals surface area (Å²) in [4.78, 5) is 11.7. The highest BCUT2D eigenvalue weighted by atomic mass is 16.2. The fourth-order valence-electron chi connectivity index (χ4n) is 2.08. The summed E-state index contributed by atoms with van der Waals surface area (Å²) in [5.41, 5.74) is 1.99. The van der Waals surface area contributed by atoms with E-state index in [2.05, 4.69) is 17.6 Å². The first-order valence-electron chi connectivity index (χ1n) is 7.44. The van der Waals surface area contributed by atoms with Gasteiger partial charge in [-0.1, -0.05) is 32.3 Å². The molecule has 0 heterocycles. The second kappa shape index (κ2) is 7.17. The summed E-state index contributed by atoms with van der Waals surface area (Å²) < 4.78 is 0. The minimum Gasteiger partial charge on any atom is -0.385 e. The predicted molar refractivity (Wildman–Crippen MR) is 80.4 cm³/mol. The van der Waals surface area contributed by atoms with Gasteiger partial charge in [-0.25, -0.2) is 0 Å². The summed E-state index contributed by atoms with van der Waals surface area (Å²) in [6, 6.07) is 7.99. The standard InChI is InChI=1S/C16H24N2O/c1-2-3-4-5-11-17-14-7-6-8-15(12-14)18-16(19)13-9-10-13/h6-8,12-13,17H,2-5,9-11H2,1H3,(H,18,19). The molecule has 104 valence electrons. The second-order valence-corrected chi connectivity index (χ2v) is 5.33. The summed E-state index contributed by atoms with van der Waals surface area (Å²) >= 11 is 0. The van der Waals surface area contributed by atoms with Gasteiger partial charge in [-0.3, -0.25) is 4.79 Å². The zero-order chi connectivity index (χ0) is 13.5. The van der Waals surface area contributed by atoms with E-state index < -0.39 is 0 Å². The molecule has 1 aromatic rings. The third kappa shape index (κ3) is 4.93. The Morgan fingerprint density at radius 1 is 1.21 bits per heavy atom. The van der Waals surface area contributed by atoms with E-state index in [0.29, 0.717) is 0 Å². The van der Waals surface area contributed by atoms with Crippen LogP contribution in [0.25, 0.3) is 0 Å². The number of nitrogens with one attached hydrogen (secondary N) is 2. The molecule has 0 bridgehead atoms. The van der Waals surface area contributed by atoms with Crippen LogP contribution >= 0.6 is 0 Å². The number of rotatable bonds is 8. The van der Waals surface area contributed by atoms with Crippen molar-refractivity contribution in [1.29, 1.82) is 0 Å². The lowest BCUT2D eigenvalue weighted by Crippen LogP contribution is -2.13. The lowest BCUT2D eigenvalue weighted by molar-refractivity contribution is -0.117. The van der Waals surface area contributed by atoms with Crippen LogP contribution in [0.5, 0.6) is 0 Å². The molecule has 2 N–H and O–H groups in total. The van der Waals surface area contributed by atoms with Crippen molar-refractivity contribution in [3.05, 3.63) is 24.3 Å². The highest BCUT2D eigenvalue weighted by Gasteiger charge is 2.29. The number of carbonyl (C=O) groups excluding carboxylic acids is 1. The van der Waals surface area contributed by atoms with Crippen molar-refractivity contribution in [3.63, 3.8) is 0 Å². The molecule has 0 atom stereocenters. The maximum atomic E-state index is 11.7. The molecule has 2 rings (SSSR count). The Bertz CT molecular complexity index is 413. The van der Waals surface area contributed by atoms with E-state index in [0.717, 1.165) is 30.8 Å². The van der Waals surface area contributed by atoms with Gasteiger partial charge in [-0.05, 0) is 37.5 Å². The molecular formula is C16H24N2O. The van der Waals surface area contributed by atoms with E-state index >= 15 is 0 Å². The van der Waals surface area contributed by atoms with Crippen molar-refractivity contribution in [2.75, 3.05) is 17.2 Å². The summed E-state index contributed by atoms with van der Waals surface area (Å²) in [5, 5.41) is 6.39. The first-order chi connectivity index (χ1) is 9.29. The average molecular weight is 260 g/mol. The third-order valence-electron chi connectivity index (χ3n) is 3.44. The van der Waals surface area contributed by atoms with E-state index in [4.69, 9.17) is 0 Å². The SMILES string of the molecule is CCCCCCNc1cccc(NC(=O)C2CC2)c1. The topological polar surface area (TPSA) is 41.1 Å². The van der Waals surface area contributed by atoms with Crippen LogP contribution in [0.4, 0.5) is 11.4 Å². The third-order valence-corrected chi connectivity index (χ3v) is 3.44. The molecule has 19 heavy (non-hydrogen) atoms. The van der Waals surface area contributed by atoms with Crippen molar-refractivity contribution in [3.8, 4) is 0 Å². The van der Waals surface area contributed by atoms with Gasteiger partial charge in [0.1, 0.15) is 0 Å². The Morgan fingerprint density at radius 3 is 2.74 bits per heavy atom. The molecule has 0 saturated heterocycles. The predicted octanol–water partition coefficient (Wildman–Crippen LogP) is 4.03. The van der Waals surface area contributed by atoms with E-state index in [1.54, 1.807) is 0 Å². The van der Waals surface area contributed by atoms with Gasteiger partial charge >= 0.3 is 0 Å². The van der Waals surface area contributed by atoms with Crippen LogP contribution in [0.2, 0.25) is 0 Å². The Hall–Kier alpha value is -1.51. The molecule has 0 unspecified atom stereocenters. The number of hydrogen-bond acceptors (Lipinski definition) is 2. The average Bonchev–Trinajstić information content (AvgIpc) is 3.23. The van der Waals surface area contributed by atoms with Crippen LogP contribution in [-0.2, 0) is 4.79 Å². The van der Waals surface area contributed by atoms with E-state index in [-0.39, 0.29) is 11.8 Å². The lowest BCUT2D eigenvalue weighted by Gasteiger charge is -2.09. The summed E-state index contributed by atoms with van der Waals surface area (Å²) in [6.45, 7) is 3.22. The molecule has 1 fully saturated rings.